The zero-order chi connectivity index (χ0) is 47.3. The number of unbranched alkanes of at least 4 members (excludes halogenated alkanes) is 24. The molecule has 374 valence electrons. The molecule has 0 fully saturated rings. The average molecular weight is 915 g/mol. The highest BCUT2D eigenvalue weighted by molar-refractivity contribution is 7.43. The highest BCUT2D eigenvalue weighted by Gasteiger charge is 2.26. The van der Waals surface area contributed by atoms with Crippen LogP contribution in [0.2, 0.25) is 0 Å². The van der Waals surface area contributed by atoms with Gasteiger partial charge in [0.05, 0.1) is 47.1 Å². The van der Waals surface area contributed by atoms with Crippen molar-refractivity contribution in [2.24, 2.45) is 0 Å². The van der Waals surface area contributed by atoms with Gasteiger partial charge in [-0.1, -0.05) is 243 Å². The average Bonchev–Trinajstić information content (AvgIpc) is 3.28. The van der Waals surface area contributed by atoms with E-state index in [0.717, 1.165) is 7.11 Å². The normalized spacial score (nSPS) is 11.8. The van der Waals surface area contributed by atoms with Crippen LogP contribution in [0.15, 0.2) is 60.7 Å². The summed E-state index contributed by atoms with van der Waals surface area (Å²) in [5.41, 5.74) is 3.04. The first-order chi connectivity index (χ1) is 31.1. The molecule has 64 heavy (non-hydrogen) atoms. The van der Waals surface area contributed by atoms with E-state index in [1.54, 1.807) is 0 Å². The molecule has 0 heterocycles. The summed E-state index contributed by atoms with van der Waals surface area (Å²) in [7, 11) is -3.83. The van der Waals surface area contributed by atoms with E-state index in [-0.39, 0.29) is 0 Å². The second kappa shape index (κ2) is 44.0. The molecule has 0 radical (unpaired) electrons. The summed E-state index contributed by atoms with van der Waals surface area (Å²) in [6.07, 6.45) is 42.8. The van der Waals surface area contributed by atoms with Crippen LogP contribution in [0.1, 0.15) is 245 Å². The topological polar surface area (TPSA) is 72.4 Å². The zero-order valence-electron chi connectivity index (χ0n) is 43.6. The second-order valence-corrected chi connectivity index (χ2v) is 20.7. The van der Waals surface area contributed by atoms with Crippen LogP contribution in [-0.4, -0.2) is 55.3 Å². The van der Waals surface area contributed by atoms with Crippen molar-refractivity contribution in [3.63, 3.8) is 0 Å². The lowest BCUT2D eigenvalue weighted by Gasteiger charge is -2.39. The van der Waals surface area contributed by atoms with Gasteiger partial charge in [-0.3, -0.25) is 0 Å². The Labute approximate surface area is 399 Å². The van der Waals surface area contributed by atoms with Gasteiger partial charge in [-0.05, 0) is 51.4 Å². The Kier molecular flexibility index (Phi) is 43.0. The van der Waals surface area contributed by atoms with Crippen molar-refractivity contribution < 1.29 is 27.8 Å². The Bertz CT molecular complexity index is 1170. The van der Waals surface area contributed by atoms with Crippen molar-refractivity contribution in [3.8, 4) is 0 Å². The Balaban J connectivity index is 0.00000110. The Morgan fingerprint density at radius 3 is 0.781 bits per heavy atom. The van der Waals surface area contributed by atoms with Crippen LogP contribution in [-0.2, 0) is 22.2 Å². The van der Waals surface area contributed by atoms with Crippen LogP contribution in [0.3, 0.4) is 0 Å². The van der Waals surface area contributed by atoms with E-state index >= 15 is 0 Å². The molecule has 0 bridgehead atoms. The van der Waals surface area contributed by atoms with Crippen molar-refractivity contribution in [1.82, 2.24) is 0 Å². The van der Waals surface area contributed by atoms with Gasteiger partial charge in [0, 0.05) is 18.2 Å². The lowest BCUT2D eigenvalue weighted by Crippen LogP contribution is -2.49. The number of benzene rings is 2. The fourth-order valence-corrected chi connectivity index (χ4v) is 9.91. The monoisotopic (exact) mass is 915 g/mol. The van der Waals surface area contributed by atoms with Gasteiger partial charge in [-0.15, -0.1) is 0 Å². The molecule has 0 aliphatic carbocycles. The predicted octanol–water partition coefficient (Wildman–Crippen LogP) is 16.3. The van der Waals surface area contributed by atoms with Gasteiger partial charge in [0.25, 0.3) is 0 Å². The molecule has 0 aromatic heterocycles. The van der Waals surface area contributed by atoms with Gasteiger partial charge in [0.1, 0.15) is 13.1 Å². The minimum Gasteiger partial charge on any atom is -0.790 e. The van der Waals surface area contributed by atoms with Gasteiger partial charge < -0.3 is 27.8 Å². The molecule has 0 N–H and O–H groups in total. The molecule has 2 aromatic carbocycles. The molecule has 0 spiro atoms. The molecule has 7 heteroatoms. The summed E-state index contributed by atoms with van der Waals surface area (Å²) in [5, 5.41) is 0. The number of hydrogen-bond donors (Lipinski definition) is 0. The highest BCUT2D eigenvalue weighted by Crippen LogP contribution is 2.23. The maximum atomic E-state index is 9.25. The van der Waals surface area contributed by atoms with E-state index in [1.807, 2.05) is 0 Å². The summed E-state index contributed by atoms with van der Waals surface area (Å²) in [6.45, 7) is 24.6. The third-order valence-corrected chi connectivity index (χ3v) is 13.7. The number of phosphoric ester groups is 1. The van der Waals surface area contributed by atoms with Crippen molar-refractivity contribution in [2.45, 2.75) is 247 Å². The Morgan fingerprint density at radius 1 is 0.359 bits per heavy atom. The van der Waals surface area contributed by atoms with E-state index in [9.17, 15) is 14.4 Å². The predicted molar refractivity (Wildman–Crippen MR) is 277 cm³/mol. The molecule has 0 amide bonds. The molecule has 6 nitrogen and oxygen atoms in total. The number of phosphoric acid groups is 1. The number of rotatable bonds is 41. The van der Waals surface area contributed by atoms with E-state index in [4.69, 9.17) is 0 Å². The number of nitrogens with zero attached hydrogens (tertiary/aromatic N) is 2. The number of hydrogen-bond acceptors (Lipinski definition) is 4. The third kappa shape index (κ3) is 37.5. The summed E-state index contributed by atoms with van der Waals surface area (Å²) in [5.74, 6) is 0. The van der Waals surface area contributed by atoms with Crippen LogP contribution in [0.25, 0.3) is 0 Å². The molecule has 0 aliphatic rings. The lowest BCUT2D eigenvalue weighted by atomic mass is 10.0. The Morgan fingerprint density at radius 2 is 0.578 bits per heavy atom. The third-order valence-electron chi connectivity index (χ3n) is 13.2. The van der Waals surface area contributed by atoms with E-state index in [2.05, 4.69) is 107 Å². The highest BCUT2D eigenvalue weighted by atomic mass is 31.2. The lowest BCUT2D eigenvalue weighted by molar-refractivity contribution is -0.941. The molecule has 0 saturated heterocycles. The van der Waals surface area contributed by atoms with Crippen LogP contribution in [0, 0.1) is 0 Å². The first-order valence-electron chi connectivity index (χ1n) is 27.4. The van der Waals surface area contributed by atoms with Gasteiger partial charge in [-0.25, -0.2) is 0 Å². The molecule has 0 atom stereocenters. The van der Waals surface area contributed by atoms with E-state index in [0.29, 0.717) is 0 Å². The van der Waals surface area contributed by atoms with E-state index in [1.165, 1.54) is 265 Å². The molecule has 0 saturated carbocycles. The SMILES string of the molecule is CCCCCCCCCCCCCCC[N+](CCC)(CCC)Cc1ccccc1.CCCCCCCCCCCCCCC[N+](CCC)(CCC)Cc1ccccc1.COP(=O)([O-])[O-]. The number of quaternary nitrogens is 2. The minimum absolute atomic E-state index is 0.820. The van der Waals surface area contributed by atoms with Crippen LogP contribution < -0.4 is 9.79 Å². The molecule has 2 aromatic rings. The summed E-state index contributed by atoms with van der Waals surface area (Å²) in [6, 6.07) is 22.4. The quantitative estimate of drug-likeness (QED) is 0.0378. The molecule has 2 rings (SSSR count). The molecule has 0 aliphatic heterocycles. The Hall–Kier alpha value is -1.53. The summed E-state index contributed by atoms with van der Waals surface area (Å²) in [4.78, 5) is 18.5. The smallest absolute Gasteiger partial charge is 0.104 e. The van der Waals surface area contributed by atoms with Crippen LogP contribution >= 0.6 is 7.82 Å². The van der Waals surface area contributed by atoms with Crippen molar-refractivity contribution >= 4 is 7.82 Å². The summed E-state index contributed by atoms with van der Waals surface area (Å²) >= 11 is 0. The van der Waals surface area contributed by atoms with E-state index < -0.39 is 7.82 Å². The fraction of sp³-hybridized carbons (Fsp3) is 0.789. The van der Waals surface area contributed by atoms with Gasteiger partial charge in [0.15, 0.2) is 0 Å². The maximum Gasteiger partial charge on any atom is 0.104 e. The van der Waals surface area contributed by atoms with Crippen molar-refractivity contribution in [3.05, 3.63) is 71.8 Å². The second-order valence-electron chi connectivity index (χ2n) is 19.4. The first-order valence-corrected chi connectivity index (χ1v) is 28.9. The molecular formula is C57H107N2O4P. The van der Waals surface area contributed by atoms with Crippen LogP contribution in [0.5, 0.6) is 0 Å². The first kappa shape index (κ1) is 62.5. The minimum atomic E-state index is -4.65. The van der Waals surface area contributed by atoms with Crippen molar-refractivity contribution in [2.75, 3.05) is 46.4 Å². The zero-order valence-corrected chi connectivity index (χ0v) is 44.5. The van der Waals surface area contributed by atoms with Gasteiger partial charge in [0.2, 0.25) is 0 Å². The summed E-state index contributed by atoms with van der Waals surface area (Å²) < 4.78 is 15.2. The van der Waals surface area contributed by atoms with Gasteiger partial charge >= 0.3 is 0 Å². The fourth-order valence-electron chi connectivity index (χ4n) is 9.91. The standard InChI is InChI=1S/2C28H52N.CH5O4P/c2*1-4-7-8-9-10-11-12-13-14-15-16-17-21-26-29(24-5-2,25-6-3)27-28-22-19-18-20-23-28;1-5-6(2,3)4/h2*18-20,22-23H,4-17,21,24-27H2,1-3H3;1H3,(H2,2,3,4)/q2*+1;/p-2. The largest absolute Gasteiger partial charge is 0.790 e. The van der Waals surface area contributed by atoms with Crippen molar-refractivity contribution in [1.29, 1.82) is 0 Å². The maximum absolute atomic E-state index is 9.25. The molecular weight excluding hydrogens is 808 g/mol. The molecule has 0 unspecified atom stereocenters. The van der Waals surface area contributed by atoms with Crippen LogP contribution in [0.4, 0.5) is 0 Å². The van der Waals surface area contributed by atoms with Gasteiger partial charge in [-0.2, -0.15) is 0 Å².